The first-order valence-electron chi connectivity index (χ1n) is 9.12. The van der Waals surface area contributed by atoms with Gasteiger partial charge in [0.25, 0.3) is 0 Å². The van der Waals surface area contributed by atoms with Crippen molar-refractivity contribution < 1.29 is 9.58 Å². The molecule has 0 amide bonds. The predicted molar refractivity (Wildman–Crippen MR) is 90.3 cm³/mol. The molecule has 0 bridgehead atoms. The molecule has 6 nitrogen and oxygen atoms in total. The van der Waals surface area contributed by atoms with E-state index in [9.17, 15) is 10.4 Å². The third-order valence-electron chi connectivity index (χ3n) is 5.38. The van der Waals surface area contributed by atoms with Gasteiger partial charge in [0.05, 0.1) is 11.3 Å². The van der Waals surface area contributed by atoms with Gasteiger partial charge in [-0.3, -0.25) is 0 Å². The molecule has 4 rings (SSSR count). The molecule has 2 aliphatic rings. The fourth-order valence-corrected chi connectivity index (χ4v) is 4.05. The molecule has 1 fully saturated rings. The van der Waals surface area contributed by atoms with Gasteiger partial charge in [-0.15, -0.1) is 0 Å². The molecule has 0 saturated carbocycles. The molecular weight excluding hydrogens is 304 g/mol. The summed E-state index contributed by atoms with van der Waals surface area (Å²) < 4.78 is 0.874. The number of hydrogen-bond acceptors (Lipinski definition) is 4. The van der Waals surface area contributed by atoms with E-state index in [2.05, 4.69) is 10.00 Å². The Morgan fingerprint density at radius 1 is 0.958 bits per heavy atom. The standard InChI is InChI=1S/C18H24N4O2/c23-21-16-12-14-6-4-7-15(14)13-17(16)22(24)19-18(21)8-5-11-20-9-2-1-3-10-20/h12-13H,1-11H2. The Hall–Kier alpha value is -1.95. The number of nitrogens with zero attached hydrogens (tertiary/aromatic N) is 4. The van der Waals surface area contributed by atoms with Gasteiger partial charge in [0, 0.05) is 6.07 Å². The van der Waals surface area contributed by atoms with Gasteiger partial charge in [-0.05, 0) is 75.4 Å². The van der Waals surface area contributed by atoms with Crippen LogP contribution in [0, 0.1) is 10.4 Å². The summed E-state index contributed by atoms with van der Waals surface area (Å²) in [6, 6.07) is 3.75. The Morgan fingerprint density at radius 3 is 2.42 bits per heavy atom. The highest BCUT2D eigenvalue weighted by Crippen LogP contribution is 2.24. The van der Waals surface area contributed by atoms with Crippen molar-refractivity contribution in [3.05, 3.63) is 39.5 Å². The monoisotopic (exact) mass is 328 g/mol. The molecule has 128 valence electrons. The molecule has 0 atom stereocenters. The second-order valence-corrected chi connectivity index (χ2v) is 7.05. The quantitative estimate of drug-likeness (QED) is 0.628. The summed E-state index contributed by atoms with van der Waals surface area (Å²) in [5.41, 5.74) is 3.25. The first-order chi connectivity index (χ1) is 11.7. The van der Waals surface area contributed by atoms with Gasteiger partial charge >= 0.3 is 11.3 Å². The molecule has 0 spiro atoms. The summed E-state index contributed by atoms with van der Waals surface area (Å²) in [5, 5.41) is 28.9. The van der Waals surface area contributed by atoms with Crippen LogP contribution in [0.2, 0.25) is 0 Å². The summed E-state index contributed by atoms with van der Waals surface area (Å²) in [6.07, 6.45) is 8.35. The zero-order chi connectivity index (χ0) is 16.5. The maximum absolute atomic E-state index is 12.7. The normalized spacial score (nSPS) is 18.2. The molecule has 2 heterocycles. The van der Waals surface area contributed by atoms with Gasteiger partial charge in [-0.1, -0.05) is 6.42 Å². The smallest absolute Gasteiger partial charge is 0.377 e. The molecule has 24 heavy (non-hydrogen) atoms. The van der Waals surface area contributed by atoms with Crippen LogP contribution in [0.4, 0.5) is 0 Å². The highest BCUT2D eigenvalue weighted by Gasteiger charge is 2.25. The molecule has 0 unspecified atom stereocenters. The second-order valence-electron chi connectivity index (χ2n) is 7.05. The fourth-order valence-electron chi connectivity index (χ4n) is 4.05. The van der Waals surface area contributed by atoms with Gasteiger partial charge in [0.2, 0.25) is 10.6 Å². The van der Waals surface area contributed by atoms with Crippen LogP contribution in [0.3, 0.4) is 0 Å². The first-order valence-corrected chi connectivity index (χ1v) is 9.12. The zero-order valence-corrected chi connectivity index (χ0v) is 14.0. The van der Waals surface area contributed by atoms with Gasteiger partial charge in [0.15, 0.2) is 0 Å². The minimum atomic E-state index is 0.340. The van der Waals surface area contributed by atoms with Crippen molar-refractivity contribution in [1.82, 2.24) is 10.00 Å². The minimum absolute atomic E-state index is 0.340. The van der Waals surface area contributed by atoms with E-state index in [0.29, 0.717) is 28.1 Å². The maximum Gasteiger partial charge on any atom is 0.377 e. The molecule has 0 N–H and O–H groups in total. The van der Waals surface area contributed by atoms with Gasteiger partial charge in [-0.25, -0.2) is 4.73 Å². The van der Waals surface area contributed by atoms with Crippen molar-refractivity contribution in [1.29, 1.82) is 0 Å². The topological polar surface area (TPSA) is 70.0 Å². The van der Waals surface area contributed by atoms with Crippen LogP contribution in [0.25, 0.3) is 11.0 Å². The predicted octanol–water partition coefficient (Wildman–Crippen LogP) is 1.41. The van der Waals surface area contributed by atoms with Crippen LogP contribution in [-0.4, -0.2) is 29.6 Å². The zero-order valence-electron chi connectivity index (χ0n) is 14.0. The summed E-state index contributed by atoms with van der Waals surface area (Å²) in [7, 11) is 0. The number of fused-ring (bicyclic) bond motifs is 2. The molecule has 1 aromatic carbocycles. The number of aryl methyl sites for hydroxylation is 3. The molecule has 6 heteroatoms. The van der Waals surface area contributed by atoms with E-state index in [1.54, 1.807) is 0 Å². The largest absolute Gasteiger partial charge is 0.710 e. The van der Waals surface area contributed by atoms with Crippen LogP contribution in [0.5, 0.6) is 0 Å². The van der Waals surface area contributed by atoms with Crippen molar-refractivity contribution in [3.8, 4) is 0 Å². The van der Waals surface area contributed by atoms with E-state index < -0.39 is 0 Å². The van der Waals surface area contributed by atoms with Crippen LogP contribution >= 0.6 is 0 Å². The van der Waals surface area contributed by atoms with Gasteiger partial charge < -0.3 is 15.3 Å². The number of aromatic nitrogens is 3. The van der Waals surface area contributed by atoms with Crippen molar-refractivity contribution in [3.63, 3.8) is 0 Å². The Kier molecular flexibility index (Phi) is 4.22. The molecule has 1 aliphatic heterocycles. The van der Waals surface area contributed by atoms with Crippen molar-refractivity contribution in [2.75, 3.05) is 19.6 Å². The van der Waals surface area contributed by atoms with Crippen molar-refractivity contribution >= 4 is 11.0 Å². The average Bonchev–Trinajstić information content (AvgIpc) is 3.06. The lowest BCUT2D eigenvalue weighted by molar-refractivity contribution is -0.685. The Bertz CT molecular complexity index is 757. The van der Waals surface area contributed by atoms with Crippen molar-refractivity contribution in [2.24, 2.45) is 0 Å². The molecule has 1 aliphatic carbocycles. The number of benzene rings is 1. The first kappa shape index (κ1) is 15.6. The minimum Gasteiger partial charge on any atom is -0.710 e. The number of likely N-dealkylation sites (tertiary alicyclic amines) is 1. The summed E-state index contributed by atoms with van der Waals surface area (Å²) in [5.74, 6) is 0.340. The Morgan fingerprint density at radius 2 is 1.67 bits per heavy atom. The van der Waals surface area contributed by atoms with E-state index in [1.807, 2.05) is 12.1 Å². The number of hydrogen-bond donors (Lipinski definition) is 0. The van der Waals surface area contributed by atoms with E-state index in [0.717, 1.165) is 50.0 Å². The van der Waals surface area contributed by atoms with Crippen LogP contribution in [-0.2, 0) is 19.3 Å². The van der Waals surface area contributed by atoms with Gasteiger partial charge in [-0.2, -0.15) is 0 Å². The third-order valence-corrected chi connectivity index (χ3v) is 5.38. The second kappa shape index (κ2) is 6.51. The van der Waals surface area contributed by atoms with E-state index in [4.69, 9.17) is 0 Å². The van der Waals surface area contributed by atoms with Crippen LogP contribution < -0.4 is 9.58 Å². The SMILES string of the molecule is [O-][n+]1nc(CCCN2CCCCC2)[n+]([O-])c2cc3c(cc21)CCC3. The number of rotatable bonds is 4. The maximum atomic E-state index is 12.7. The molecule has 0 radical (unpaired) electrons. The molecule has 1 aromatic heterocycles. The third kappa shape index (κ3) is 2.90. The lowest BCUT2D eigenvalue weighted by Gasteiger charge is -2.25. The lowest BCUT2D eigenvalue weighted by atomic mass is 10.1. The van der Waals surface area contributed by atoms with Crippen LogP contribution in [0.15, 0.2) is 12.1 Å². The van der Waals surface area contributed by atoms with E-state index in [-0.39, 0.29) is 0 Å². The Labute approximate surface area is 141 Å². The highest BCUT2D eigenvalue weighted by atomic mass is 16.5. The average molecular weight is 328 g/mol. The van der Waals surface area contributed by atoms with E-state index in [1.165, 1.54) is 30.4 Å². The molecular formula is C18H24N4O2. The van der Waals surface area contributed by atoms with E-state index >= 15 is 0 Å². The summed E-state index contributed by atoms with van der Waals surface area (Å²) >= 11 is 0. The molecule has 2 aromatic rings. The lowest BCUT2D eigenvalue weighted by Crippen LogP contribution is -2.45. The molecule has 1 saturated heterocycles. The van der Waals surface area contributed by atoms with Gasteiger partial charge in [0.1, 0.15) is 0 Å². The Balaban J connectivity index is 1.54. The van der Waals surface area contributed by atoms with Crippen LogP contribution in [0.1, 0.15) is 49.1 Å². The fraction of sp³-hybridized carbons (Fsp3) is 0.611. The highest BCUT2D eigenvalue weighted by molar-refractivity contribution is 5.70. The number of piperidine rings is 1. The summed E-state index contributed by atoms with van der Waals surface area (Å²) in [6.45, 7) is 3.27. The van der Waals surface area contributed by atoms with Crippen molar-refractivity contribution in [2.45, 2.75) is 51.4 Å². The summed E-state index contributed by atoms with van der Waals surface area (Å²) in [4.78, 5) is 3.08.